The number of rotatable bonds is 7. The summed E-state index contributed by atoms with van der Waals surface area (Å²) in [6.45, 7) is 0.888. The zero-order valence-corrected chi connectivity index (χ0v) is 20.5. The lowest BCUT2D eigenvalue weighted by atomic mass is 9.87. The predicted octanol–water partition coefficient (Wildman–Crippen LogP) is 3.23. The molecule has 3 atom stereocenters. The summed E-state index contributed by atoms with van der Waals surface area (Å²) in [7, 11) is 1.66. The van der Waals surface area contributed by atoms with Crippen molar-refractivity contribution >= 4 is 29.1 Å². The summed E-state index contributed by atoms with van der Waals surface area (Å²) in [5.41, 5.74) is -1.37. The molecule has 2 saturated carbocycles. The number of carbonyl (C=O) groups is 2. The molecule has 2 aromatic rings. The molecule has 0 radical (unpaired) electrons. The van der Waals surface area contributed by atoms with Crippen LogP contribution in [-0.2, 0) is 11.8 Å². The van der Waals surface area contributed by atoms with Crippen molar-refractivity contribution in [2.24, 2.45) is 18.9 Å². The first kappa shape index (κ1) is 26.4. The fourth-order valence-corrected chi connectivity index (χ4v) is 5.68. The van der Waals surface area contributed by atoms with Gasteiger partial charge in [0, 0.05) is 24.7 Å². The summed E-state index contributed by atoms with van der Waals surface area (Å²) >= 11 is 5.80. The predicted molar refractivity (Wildman–Crippen MR) is 125 cm³/mol. The monoisotopic (exact) mass is 528 g/mol. The van der Waals surface area contributed by atoms with Crippen molar-refractivity contribution < 1.29 is 33.0 Å². The maximum Gasteiger partial charge on any atom is 0.352 e. The number of aromatic nitrogens is 2. The van der Waals surface area contributed by atoms with Crippen LogP contribution in [0, 0.1) is 17.7 Å². The second-order valence-electron chi connectivity index (χ2n) is 9.93. The van der Waals surface area contributed by atoms with Crippen molar-refractivity contribution in [2.75, 3.05) is 11.9 Å². The van der Waals surface area contributed by atoms with Crippen LogP contribution < -0.4 is 10.6 Å². The highest BCUT2D eigenvalue weighted by molar-refractivity contribution is 6.31. The van der Waals surface area contributed by atoms with Gasteiger partial charge in [-0.2, -0.15) is 8.78 Å². The summed E-state index contributed by atoms with van der Waals surface area (Å²) in [6, 6.07) is 2.95. The van der Waals surface area contributed by atoms with Gasteiger partial charge in [-0.3, -0.25) is 9.59 Å². The molecule has 8 nitrogen and oxygen atoms in total. The van der Waals surface area contributed by atoms with Crippen molar-refractivity contribution in [3.8, 4) is 0 Å². The van der Waals surface area contributed by atoms with Gasteiger partial charge in [0.15, 0.2) is 0 Å². The zero-order valence-electron chi connectivity index (χ0n) is 19.8. The molecule has 1 aromatic heterocycles. The summed E-state index contributed by atoms with van der Waals surface area (Å²) in [6.07, 6.45) is 1.83. The lowest BCUT2D eigenvalue weighted by Crippen LogP contribution is -2.58. The second-order valence-corrected chi connectivity index (χ2v) is 10.3. The molecule has 0 spiro atoms. The highest BCUT2D eigenvalue weighted by Gasteiger charge is 2.64. The van der Waals surface area contributed by atoms with Crippen LogP contribution in [0.25, 0.3) is 0 Å². The van der Waals surface area contributed by atoms with Crippen LogP contribution >= 0.6 is 11.6 Å². The van der Waals surface area contributed by atoms with Gasteiger partial charge in [-0.1, -0.05) is 11.6 Å². The largest absolute Gasteiger partial charge is 0.394 e. The fourth-order valence-electron chi connectivity index (χ4n) is 5.50. The molecule has 4 rings (SSSR count). The molecule has 2 unspecified atom stereocenters. The van der Waals surface area contributed by atoms with Crippen LogP contribution in [0.3, 0.4) is 0 Å². The number of imidazole rings is 1. The molecular weight excluding hydrogens is 501 g/mol. The lowest BCUT2D eigenvalue weighted by Gasteiger charge is -2.33. The molecule has 2 aliphatic rings. The third kappa shape index (κ3) is 4.71. The Morgan fingerprint density at radius 1 is 1.31 bits per heavy atom. The molecule has 2 aliphatic carbocycles. The Morgan fingerprint density at radius 3 is 2.53 bits per heavy atom. The van der Waals surface area contributed by atoms with Crippen molar-refractivity contribution in [2.45, 2.75) is 56.1 Å². The van der Waals surface area contributed by atoms with E-state index in [9.17, 15) is 27.9 Å². The van der Waals surface area contributed by atoms with Gasteiger partial charge in [0.25, 0.3) is 11.8 Å². The van der Waals surface area contributed by atoms with E-state index in [2.05, 4.69) is 10.3 Å². The van der Waals surface area contributed by atoms with E-state index in [-0.39, 0.29) is 35.6 Å². The Labute approximate surface area is 210 Å². The van der Waals surface area contributed by atoms with Gasteiger partial charge in [0.05, 0.1) is 23.7 Å². The molecule has 12 heteroatoms. The third-order valence-electron chi connectivity index (χ3n) is 7.31. The zero-order chi connectivity index (χ0) is 26.4. The average Bonchev–Trinajstić information content (AvgIpc) is 3.47. The normalized spacial score (nSPS) is 26.5. The molecule has 2 amide bonds. The fraction of sp³-hybridized carbons (Fsp3) is 0.542. The van der Waals surface area contributed by atoms with Gasteiger partial charge in [-0.15, -0.1) is 0 Å². The summed E-state index contributed by atoms with van der Waals surface area (Å²) in [5.74, 6) is -7.44. The summed E-state index contributed by atoms with van der Waals surface area (Å²) in [4.78, 5) is 29.5. The Morgan fingerprint density at radius 2 is 1.94 bits per heavy atom. The van der Waals surface area contributed by atoms with E-state index >= 15 is 0 Å². The van der Waals surface area contributed by atoms with Crippen molar-refractivity contribution in [3.05, 3.63) is 46.8 Å². The van der Waals surface area contributed by atoms with Crippen LogP contribution in [0.4, 0.5) is 18.9 Å². The first-order valence-electron chi connectivity index (χ1n) is 11.7. The number of aliphatic hydroxyl groups is 2. The van der Waals surface area contributed by atoms with E-state index in [0.29, 0.717) is 29.9 Å². The number of aryl methyl sites for hydroxylation is 1. The Hall–Kier alpha value is -2.63. The summed E-state index contributed by atoms with van der Waals surface area (Å²) in [5, 5.41) is 24.4. The van der Waals surface area contributed by atoms with E-state index in [0.717, 1.165) is 6.07 Å². The van der Waals surface area contributed by atoms with E-state index in [1.807, 2.05) is 5.32 Å². The van der Waals surface area contributed by atoms with Crippen LogP contribution in [0.5, 0.6) is 0 Å². The summed E-state index contributed by atoms with van der Waals surface area (Å²) < 4.78 is 44.8. The number of alkyl halides is 2. The number of fused-ring (bicyclic) bond motifs is 1. The van der Waals surface area contributed by atoms with Gasteiger partial charge in [-0.05, 0) is 62.6 Å². The number of carbonyl (C=O) groups excluding carboxylic acids is 2. The van der Waals surface area contributed by atoms with Crippen molar-refractivity contribution in [1.29, 1.82) is 0 Å². The molecular formula is C24H28ClF3N4O4. The minimum absolute atomic E-state index is 0.134. The Kier molecular flexibility index (Phi) is 7.11. The highest BCUT2D eigenvalue weighted by atomic mass is 35.5. The maximum atomic E-state index is 14.9. The standard InChI is InChI=1S/C24H28ClF3N4O4/c1-12(10-33)30-22(35)24(27,28)23(36)8-14-5-13(6-15(14)9-23)19-20(32(2)11-29-19)21(34)31-16-3-4-18(26)17(25)7-16/h3-4,7,11-15,33,36H,5-6,8-10H2,1-2H3,(H,30,35)(H,31,34)/t12-,13?,14?,15?,23?/m1/s1. The van der Waals surface area contributed by atoms with E-state index in [1.165, 1.54) is 25.4 Å². The van der Waals surface area contributed by atoms with Crippen LogP contribution in [0.1, 0.15) is 54.7 Å². The van der Waals surface area contributed by atoms with Crippen molar-refractivity contribution in [1.82, 2.24) is 14.9 Å². The number of amides is 2. The molecule has 0 bridgehead atoms. The second kappa shape index (κ2) is 9.68. The quantitative estimate of drug-likeness (QED) is 0.440. The number of benzene rings is 1. The maximum absolute atomic E-state index is 14.9. The van der Waals surface area contributed by atoms with Crippen molar-refractivity contribution in [3.63, 3.8) is 0 Å². The Balaban J connectivity index is 1.47. The molecule has 196 valence electrons. The number of anilines is 1. The number of hydrogen-bond acceptors (Lipinski definition) is 5. The first-order valence-corrected chi connectivity index (χ1v) is 12.0. The van der Waals surface area contributed by atoms with Gasteiger partial charge in [0.2, 0.25) is 0 Å². The van der Waals surface area contributed by atoms with Crippen LogP contribution in [0.2, 0.25) is 5.02 Å². The Bertz CT molecular complexity index is 1160. The van der Waals surface area contributed by atoms with Gasteiger partial charge >= 0.3 is 5.92 Å². The highest BCUT2D eigenvalue weighted by Crippen LogP contribution is 2.57. The molecule has 0 saturated heterocycles. The van der Waals surface area contributed by atoms with Gasteiger partial charge in [-0.25, -0.2) is 9.37 Å². The SMILES string of the molecule is C[C@H](CO)NC(=O)C(F)(F)C1(O)CC2CC(c3ncn(C)c3C(=O)Nc3ccc(F)c(Cl)c3)CC2C1. The molecule has 2 fully saturated rings. The minimum atomic E-state index is -4.01. The smallest absolute Gasteiger partial charge is 0.352 e. The lowest BCUT2D eigenvalue weighted by molar-refractivity contribution is -0.193. The number of aliphatic hydroxyl groups excluding tert-OH is 1. The van der Waals surface area contributed by atoms with E-state index < -0.39 is 41.8 Å². The number of nitrogens with zero attached hydrogens (tertiary/aromatic N) is 2. The molecule has 0 aliphatic heterocycles. The first-order chi connectivity index (χ1) is 16.9. The van der Waals surface area contributed by atoms with E-state index in [4.69, 9.17) is 16.7 Å². The number of halogens is 4. The molecule has 1 aromatic carbocycles. The molecule has 4 N–H and O–H groups in total. The molecule has 36 heavy (non-hydrogen) atoms. The number of nitrogens with one attached hydrogen (secondary N) is 2. The van der Waals surface area contributed by atoms with Gasteiger partial charge in [0.1, 0.15) is 17.1 Å². The minimum Gasteiger partial charge on any atom is -0.394 e. The number of hydrogen-bond donors (Lipinski definition) is 4. The topological polar surface area (TPSA) is 116 Å². The van der Waals surface area contributed by atoms with Gasteiger partial charge < -0.3 is 25.4 Å². The average molecular weight is 529 g/mol. The van der Waals surface area contributed by atoms with Crippen LogP contribution in [0.15, 0.2) is 24.5 Å². The van der Waals surface area contributed by atoms with E-state index in [1.54, 1.807) is 11.6 Å². The van der Waals surface area contributed by atoms with Crippen LogP contribution in [-0.4, -0.2) is 55.8 Å². The molecule has 1 heterocycles. The third-order valence-corrected chi connectivity index (χ3v) is 7.60.